The Bertz CT molecular complexity index is 272. The van der Waals surface area contributed by atoms with Crippen LogP contribution in [0.2, 0.25) is 0 Å². The fourth-order valence-electron chi connectivity index (χ4n) is 1.26. The van der Waals surface area contributed by atoms with Gasteiger partial charge in [0.15, 0.2) is 5.72 Å². The number of benzene rings is 1. The Morgan fingerprint density at radius 3 is 2.43 bits per heavy atom. The van der Waals surface area contributed by atoms with Gasteiger partial charge in [-0.3, -0.25) is 4.84 Å². The van der Waals surface area contributed by atoms with E-state index < -0.39 is 5.72 Å². The molecule has 1 unspecified atom stereocenters. The van der Waals surface area contributed by atoms with Gasteiger partial charge in [0.1, 0.15) is 0 Å². The summed E-state index contributed by atoms with van der Waals surface area (Å²) in [5.41, 5.74) is -0.270. The van der Waals surface area contributed by atoms with Crippen LogP contribution < -0.4 is 0 Å². The Morgan fingerprint density at radius 2 is 1.93 bits per heavy atom. The third-order valence-electron chi connectivity index (χ3n) is 2.26. The third-order valence-corrected chi connectivity index (χ3v) is 2.26. The summed E-state index contributed by atoms with van der Waals surface area (Å²) in [5, 5.41) is 11.6. The molecule has 1 N–H and O–H groups in total. The highest BCUT2D eigenvalue weighted by Crippen LogP contribution is 2.23. The Balaban J connectivity index is 2.84. The van der Waals surface area contributed by atoms with Crippen LogP contribution in [0.25, 0.3) is 0 Å². The Hall–Kier alpha value is -0.900. The molecule has 0 heterocycles. The van der Waals surface area contributed by atoms with Gasteiger partial charge in [-0.1, -0.05) is 30.3 Å². The maximum Gasteiger partial charge on any atom is 0.163 e. The number of hydrogen-bond donors (Lipinski definition) is 1. The SMILES string of the molecule is CCON(C)C(C)(O)c1ccccc1. The molecule has 1 atom stereocenters. The molecule has 78 valence electrons. The van der Waals surface area contributed by atoms with Gasteiger partial charge in [0.25, 0.3) is 0 Å². The summed E-state index contributed by atoms with van der Waals surface area (Å²) in [7, 11) is 1.72. The second-order valence-corrected chi connectivity index (χ2v) is 3.30. The van der Waals surface area contributed by atoms with Crippen LogP contribution in [0.1, 0.15) is 19.4 Å². The predicted molar refractivity (Wildman–Crippen MR) is 55.4 cm³/mol. The molecule has 1 aromatic rings. The van der Waals surface area contributed by atoms with Crippen LogP contribution in [0.5, 0.6) is 0 Å². The normalized spacial score (nSPS) is 15.5. The number of hydrogen-bond acceptors (Lipinski definition) is 3. The molecule has 0 spiro atoms. The molecule has 14 heavy (non-hydrogen) atoms. The van der Waals surface area contributed by atoms with Crippen molar-refractivity contribution in [2.24, 2.45) is 0 Å². The highest BCUT2D eigenvalue weighted by Gasteiger charge is 2.28. The number of hydroxylamine groups is 2. The van der Waals surface area contributed by atoms with Gasteiger partial charge in [-0.15, -0.1) is 0 Å². The molecule has 0 aliphatic heterocycles. The van der Waals surface area contributed by atoms with E-state index in [4.69, 9.17) is 4.84 Å². The quantitative estimate of drug-likeness (QED) is 0.586. The lowest BCUT2D eigenvalue weighted by atomic mass is 10.1. The van der Waals surface area contributed by atoms with Crippen LogP contribution in [0.4, 0.5) is 0 Å². The molecule has 0 fully saturated rings. The number of nitrogens with zero attached hydrogens (tertiary/aromatic N) is 1. The van der Waals surface area contributed by atoms with E-state index in [0.717, 1.165) is 5.56 Å². The van der Waals surface area contributed by atoms with Crippen LogP contribution >= 0.6 is 0 Å². The van der Waals surface area contributed by atoms with Crippen molar-refractivity contribution < 1.29 is 9.94 Å². The lowest BCUT2D eigenvalue weighted by molar-refractivity contribution is -0.276. The zero-order valence-electron chi connectivity index (χ0n) is 8.90. The first-order valence-corrected chi connectivity index (χ1v) is 4.73. The fourth-order valence-corrected chi connectivity index (χ4v) is 1.26. The topological polar surface area (TPSA) is 32.7 Å². The van der Waals surface area contributed by atoms with Gasteiger partial charge in [-0.25, -0.2) is 0 Å². The minimum absolute atomic E-state index is 0.541. The fraction of sp³-hybridized carbons (Fsp3) is 0.455. The molecule has 3 nitrogen and oxygen atoms in total. The average Bonchev–Trinajstić information content (AvgIpc) is 2.19. The van der Waals surface area contributed by atoms with Gasteiger partial charge < -0.3 is 5.11 Å². The molecule has 0 amide bonds. The Labute approximate surface area is 84.9 Å². The molecule has 0 radical (unpaired) electrons. The average molecular weight is 195 g/mol. The highest BCUT2D eigenvalue weighted by molar-refractivity contribution is 5.20. The molecule has 0 aliphatic carbocycles. The molecule has 0 saturated heterocycles. The zero-order chi connectivity index (χ0) is 10.6. The van der Waals surface area contributed by atoms with Gasteiger partial charge in [0.05, 0.1) is 6.61 Å². The molecular weight excluding hydrogens is 178 g/mol. The third kappa shape index (κ3) is 2.32. The van der Waals surface area contributed by atoms with Crippen molar-refractivity contribution in [1.29, 1.82) is 0 Å². The minimum atomic E-state index is -1.09. The van der Waals surface area contributed by atoms with Crippen molar-refractivity contribution >= 4 is 0 Å². The maximum atomic E-state index is 10.2. The summed E-state index contributed by atoms with van der Waals surface area (Å²) in [4.78, 5) is 5.24. The summed E-state index contributed by atoms with van der Waals surface area (Å²) >= 11 is 0. The smallest absolute Gasteiger partial charge is 0.163 e. The molecular formula is C11H17NO2. The van der Waals surface area contributed by atoms with E-state index in [1.807, 2.05) is 37.3 Å². The van der Waals surface area contributed by atoms with E-state index in [0.29, 0.717) is 6.61 Å². The largest absolute Gasteiger partial charge is 0.370 e. The van der Waals surface area contributed by atoms with E-state index in [2.05, 4.69) is 0 Å². The molecule has 0 saturated carbocycles. The van der Waals surface area contributed by atoms with Gasteiger partial charge in [0, 0.05) is 12.6 Å². The molecule has 0 aliphatic rings. The monoisotopic (exact) mass is 195 g/mol. The maximum absolute atomic E-state index is 10.2. The van der Waals surface area contributed by atoms with Gasteiger partial charge in [-0.2, -0.15) is 5.06 Å². The zero-order valence-corrected chi connectivity index (χ0v) is 8.90. The van der Waals surface area contributed by atoms with E-state index in [-0.39, 0.29) is 0 Å². The van der Waals surface area contributed by atoms with Crippen LogP contribution in [0, 0.1) is 0 Å². The van der Waals surface area contributed by atoms with Crippen molar-refractivity contribution in [3.05, 3.63) is 35.9 Å². The summed E-state index contributed by atoms with van der Waals surface area (Å²) < 4.78 is 0. The summed E-state index contributed by atoms with van der Waals surface area (Å²) in [6, 6.07) is 9.44. The molecule has 0 bridgehead atoms. The second-order valence-electron chi connectivity index (χ2n) is 3.30. The first-order valence-electron chi connectivity index (χ1n) is 4.73. The summed E-state index contributed by atoms with van der Waals surface area (Å²) in [6.45, 7) is 4.13. The van der Waals surface area contributed by atoms with Crippen LogP contribution in [0.3, 0.4) is 0 Å². The second kappa shape index (κ2) is 4.55. The van der Waals surface area contributed by atoms with E-state index in [1.54, 1.807) is 14.0 Å². The number of rotatable bonds is 4. The van der Waals surface area contributed by atoms with Crippen molar-refractivity contribution in [1.82, 2.24) is 5.06 Å². The van der Waals surface area contributed by atoms with E-state index >= 15 is 0 Å². The highest BCUT2D eigenvalue weighted by atomic mass is 16.7. The van der Waals surface area contributed by atoms with Crippen molar-refractivity contribution in [2.75, 3.05) is 13.7 Å². The van der Waals surface area contributed by atoms with Crippen LogP contribution in [-0.2, 0) is 10.6 Å². The van der Waals surface area contributed by atoms with Crippen molar-refractivity contribution in [2.45, 2.75) is 19.6 Å². The summed E-state index contributed by atoms with van der Waals surface area (Å²) in [6.07, 6.45) is 0. The van der Waals surface area contributed by atoms with Crippen molar-refractivity contribution in [3.63, 3.8) is 0 Å². The van der Waals surface area contributed by atoms with Crippen LogP contribution in [-0.4, -0.2) is 23.8 Å². The Kier molecular flexibility index (Phi) is 3.63. The van der Waals surface area contributed by atoms with Gasteiger partial charge in [0.2, 0.25) is 0 Å². The van der Waals surface area contributed by atoms with Gasteiger partial charge >= 0.3 is 0 Å². The first kappa shape index (κ1) is 11.2. The minimum Gasteiger partial charge on any atom is -0.370 e. The van der Waals surface area contributed by atoms with E-state index in [1.165, 1.54) is 5.06 Å². The molecule has 1 rings (SSSR count). The number of aliphatic hydroxyl groups is 1. The predicted octanol–water partition coefficient (Wildman–Crippen LogP) is 1.73. The summed E-state index contributed by atoms with van der Waals surface area (Å²) in [5.74, 6) is 0. The lowest BCUT2D eigenvalue weighted by Gasteiger charge is -2.32. The molecule has 3 heteroatoms. The Morgan fingerprint density at radius 1 is 1.36 bits per heavy atom. The van der Waals surface area contributed by atoms with Gasteiger partial charge in [-0.05, 0) is 13.8 Å². The van der Waals surface area contributed by atoms with Crippen LogP contribution in [0.15, 0.2) is 30.3 Å². The lowest BCUT2D eigenvalue weighted by Crippen LogP contribution is -2.40. The first-order chi connectivity index (χ1) is 6.59. The standard InChI is InChI=1S/C11H17NO2/c1-4-14-12(3)11(2,13)10-8-6-5-7-9-10/h5-9,13H,4H2,1-3H3. The molecule has 1 aromatic carbocycles. The van der Waals surface area contributed by atoms with E-state index in [9.17, 15) is 5.11 Å². The molecule has 0 aromatic heterocycles. The van der Waals surface area contributed by atoms with Crippen molar-refractivity contribution in [3.8, 4) is 0 Å².